The van der Waals surface area contributed by atoms with Gasteiger partial charge in [0.1, 0.15) is 0 Å². The summed E-state index contributed by atoms with van der Waals surface area (Å²) in [5.74, 6) is 0. The molecule has 1 heterocycles. The molecule has 9 heavy (non-hydrogen) atoms. The maximum Gasteiger partial charge on any atom is 0.000442 e. The third-order valence-electron chi connectivity index (χ3n) is 0.718. The van der Waals surface area contributed by atoms with Crippen LogP contribution in [0.2, 0.25) is 0 Å². The van der Waals surface area contributed by atoms with Crippen molar-refractivity contribution in [1.29, 1.82) is 0 Å². The summed E-state index contributed by atoms with van der Waals surface area (Å²) in [5.41, 5.74) is 0. The fourth-order valence-electron chi connectivity index (χ4n) is 0.406. The van der Waals surface area contributed by atoms with E-state index in [0.29, 0.717) is 0 Å². The summed E-state index contributed by atoms with van der Waals surface area (Å²) in [6, 6.07) is 0. The number of rotatable bonds is 0. The fraction of sp³-hybridized carbons (Fsp3) is 0. The van der Waals surface area contributed by atoms with Crippen LogP contribution in [0.1, 0.15) is 0 Å². The Morgan fingerprint density at radius 1 is 0.778 bits per heavy atom. The van der Waals surface area contributed by atoms with Gasteiger partial charge in [0, 0.05) is 20.8 Å². The summed E-state index contributed by atoms with van der Waals surface area (Å²) in [4.78, 5) is 0. The first-order valence-corrected chi connectivity index (χ1v) is 2.24. The molecule has 0 fully saturated rings. The minimum Gasteiger partial charge on any atom is -0.412 e. The summed E-state index contributed by atoms with van der Waals surface area (Å²) in [6.45, 7) is 0. The predicted octanol–water partition coefficient (Wildman–Crippen LogP) is -0.0323. The van der Waals surface area contributed by atoms with Crippen molar-refractivity contribution >= 4 is 8.41 Å². The lowest BCUT2D eigenvalue weighted by Crippen LogP contribution is -1.87. The van der Waals surface area contributed by atoms with Crippen LogP contribution >= 0.6 is 0 Å². The van der Waals surface area contributed by atoms with E-state index in [4.69, 9.17) is 0 Å². The number of hydrogen-bond acceptors (Lipinski definition) is 1. The molecule has 1 aliphatic rings. The van der Waals surface area contributed by atoms with Crippen LogP contribution in [-0.2, 0) is 0 Å². The molecule has 0 amide bonds. The fourth-order valence-corrected chi connectivity index (χ4v) is 0.406. The van der Waals surface area contributed by atoms with Gasteiger partial charge in [0.25, 0.3) is 0 Å². The van der Waals surface area contributed by atoms with Gasteiger partial charge in [0.05, 0.1) is 0 Å². The summed E-state index contributed by atoms with van der Waals surface area (Å²) in [7, 11) is 0. The maximum absolute atomic E-state index is 2.92. The Hall–Kier alpha value is -0.955. The lowest BCUT2D eigenvalue weighted by molar-refractivity contribution is 0.824. The van der Waals surface area contributed by atoms with E-state index in [1.807, 2.05) is 36.7 Å². The minimum absolute atomic E-state index is 0. The van der Waals surface area contributed by atoms with Gasteiger partial charge in [-0.25, -0.2) is 0 Å². The summed E-state index contributed by atoms with van der Waals surface area (Å²) >= 11 is 0. The van der Waals surface area contributed by atoms with Gasteiger partial charge in [-0.3, -0.25) is 0 Å². The van der Waals surface area contributed by atoms with Crippen LogP contribution in [0.25, 0.3) is 0 Å². The van der Waals surface area contributed by atoms with Gasteiger partial charge < -0.3 is 10.8 Å². The molecule has 3 heteroatoms. The molecule has 0 bridgehead atoms. The van der Waals surface area contributed by atoms with Crippen molar-refractivity contribution in [3.05, 3.63) is 36.7 Å². The third kappa shape index (κ3) is 4.91. The molecular weight excluding hydrogens is 113 g/mol. The lowest BCUT2D eigenvalue weighted by Gasteiger charge is -1.79. The highest BCUT2D eigenvalue weighted by molar-refractivity contribution is 5.75. The van der Waals surface area contributed by atoms with Crippen LogP contribution in [0.4, 0.5) is 0 Å². The third-order valence-corrected chi connectivity index (χ3v) is 0.718. The Bertz CT molecular complexity index is 115. The first kappa shape index (κ1) is 10.9. The Kier molecular flexibility index (Phi) is 8.55. The predicted molar refractivity (Wildman–Crippen MR) is 39.9 cm³/mol. The zero-order valence-corrected chi connectivity index (χ0v) is 5.04. The largest absolute Gasteiger partial charge is 0.412 e. The van der Waals surface area contributed by atoms with Crippen molar-refractivity contribution in [2.45, 2.75) is 0 Å². The minimum atomic E-state index is 0. The first-order valence-electron chi connectivity index (χ1n) is 2.24. The smallest absolute Gasteiger partial charge is 0.000442 e. The highest BCUT2D eigenvalue weighted by Gasteiger charge is 1.67. The molecule has 1 aliphatic heterocycles. The Balaban J connectivity index is 0. The van der Waals surface area contributed by atoms with Gasteiger partial charge in [-0.05, 0) is 12.2 Å². The molecular formula is C6H9BNO. The van der Waals surface area contributed by atoms with E-state index >= 15 is 0 Å². The Labute approximate surface area is 56.8 Å². The van der Waals surface area contributed by atoms with Gasteiger partial charge in [-0.2, -0.15) is 0 Å². The monoisotopic (exact) mass is 122 g/mol. The van der Waals surface area contributed by atoms with Crippen molar-refractivity contribution in [2.75, 3.05) is 0 Å². The quantitative estimate of drug-likeness (QED) is 0.450. The Morgan fingerprint density at radius 2 is 1.22 bits per heavy atom. The number of nitrogens with one attached hydrogen (secondary N) is 1. The molecule has 0 saturated carbocycles. The standard InChI is InChI=1S/C6H7N.B.H2O/c1-2-4-6-7-5-3-1;;/h1-7H;;1H2. The molecule has 0 aromatic rings. The lowest BCUT2D eigenvalue weighted by atomic mass is 10.5. The second kappa shape index (κ2) is 7.04. The zero-order chi connectivity index (χ0) is 4.95. The van der Waals surface area contributed by atoms with Gasteiger partial charge in [-0.1, -0.05) is 12.2 Å². The molecule has 0 spiro atoms. The Morgan fingerprint density at radius 3 is 1.67 bits per heavy atom. The van der Waals surface area contributed by atoms with E-state index in [-0.39, 0.29) is 13.9 Å². The van der Waals surface area contributed by atoms with E-state index in [1.165, 1.54) is 0 Å². The molecule has 1 rings (SSSR count). The molecule has 47 valence electrons. The molecule has 0 saturated heterocycles. The maximum atomic E-state index is 2.92. The van der Waals surface area contributed by atoms with Crippen molar-refractivity contribution in [3.8, 4) is 0 Å². The number of allylic oxidation sites excluding steroid dienone is 4. The van der Waals surface area contributed by atoms with E-state index in [2.05, 4.69) is 5.32 Å². The second-order valence-electron chi connectivity index (χ2n) is 1.27. The van der Waals surface area contributed by atoms with E-state index in [9.17, 15) is 0 Å². The summed E-state index contributed by atoms with van der Waals surface area (Å²) in [6.07, 6.45) is 11.6. The van der Waals surface area contributed by atoms with Crippen LogP contribution in [0.15, 0.2) is 36.7 Å². The highest BCUT2D eigenvalue weighted by atomic mass is 16.0. The summed E-state index contributed by atoms with van der Waals surface area (Å²) in [5, 5.41) is 2.92. The van der Waals surface area contributed by atoms with E-state index < -0.39 is 0 Å². The van der Waals surface area contributed by atoms with Gasteiger partial charge >= 0.3 is 0 Å². The van der Waals surface area contributed by atoms with Gasteiger partial charge in [0.15, 0.2) is 0 Å². The SMILES string of the molecule is C1=CC=CNC=C1.O.[B]. The van der Waals surface area contributed by atoms with E-state index in [0.717, 1.165) is 0 Å². The molecule has 0 atom stereocenters. The van der Waals surface area contributed by atoms with E-state index in [1.54, 1.807) is 0 Å². The zero-order valence-electron chi connectivity index (χ0n) is 5.04. The molecule has 0 aliphatic carbocycles. The second-order valence-corrected chi connectivity index (χ2v) is 1.27. The van der Waals surface area contributed by atoms with Crippen LogP contribution in [-0.4, -0.2) is 13.9 Å². The highest BCUT2D eigenvalue weighted by Crippen LogP contribution is 1.81. The molecule has 0 unspecified atom stereocenters. The van der Waals surface area contributed by atoms with Crippen molar-refractivity contribution in [2.24, 2.45) is 0 Å². The summed E-state index contributed by atoms with van der Waals surface area (Å²) < 4.78 is 0. The molecule has 3 radical (unpaired) electrons. The topological polar surface area (TPSA) is 43.5 Å². The van der Waals surface area contributed by atoms with Crippen LogP contribution in [0, 0.1) is 0 Å². The van der Waals surface area contributed by atoms with Crippen LogP contribution in [0.5, 0.6) is 0 Å². The molecule has 2 nitrogen and oxygen atoms in total. The first-order chi connectivity index (χ1) is 3.50. The number of hydrogen-bond donors (Lipinski definition) is 1. The van der Waals surface area contributed by atoms with Gasteiger partial charge in [0.2, 0.25) is 0 Å². The van der Waals surface area contributed by atoms with Gasteiger partial charge in [-0.15, -0.1) is 0 Å². The normalized spacial score (nSPS) is 12.4. The van der Waals surface area contributed by atoms with Crippen molar-refractivity contribution in [3.63, 3.8) is 0 Å². The molecule has 0 aromatic heterocycles. The average molecular weight is 122 g/mol. The van der Waals surface area contributed by atoms with Crippen LogP contribution < -0.4 is 5.32 Å². The van der Waals surface area contributed by atoms with Crippen LogP contribution in [0.3, 0.4) is 0 Å². The molecule has 3 N–H and O–H groups in total. The van der Waals surface area contributed by atoms with Crippen molar-refractivity contribution < 1.29 is 5.48 Å². The average Bonchev–Trinajstić information content (AvgIpc) is 1.90. The molecule has 0 aromatic carbocycles. The van der Waals surface area contributed by atoms with Crippen molar-refractivity contribution in [1.82, 2.24) is 5.32 Å².